The second-order valence-corrected chi connectivity index (χ2v) is 4.34. The Hall–Kier alpha value is -2.15. The standard InChI is InChI=1S/C13H19N3O4/c1-3-4-10(8-14)15-13(17)9-5-6-12(20-2)11(7-9)16(18)19/h5-7,10H,3-4,8,14H2,1-2H3,(H,15,17). The summed E-state index contributed by atoms with van der Waals surface area (Å²) in [5.41, 5.74) is 5.54. The van der Waals surface area contributed by atoms with Crippen molar-refractivity contribution >= 4 is 11.6 Å². The summed E-state index contributed by atoms with van der Waals surface area (Å²) in [5, 5.41) is 13.7. The van der Waals surface area contributed by atoms with E-state index in [1.54, 1.807) is 0 Å². The quantitative estimate of drug-likeness (QED) is 0.581. The SMILES string of the molecule is CCCC(CN)NC(=O)c1ccc(OC)c([N+](=O)[O-])c1. The molecule has 0 aliphatic rings. The Balaban J connectivity index is 2.93. The zero-order chi connectivity index (χ0) is 15.1. The summed E-state index contributed by atoms with van der Waals surface area (Å²) in [6, 6.07) is 3.97. The van der Waals surface area contributed by atoms with Crippen LogP contribution in [0.5, 0.6) is 5.75 Å². The van der Waals surface area contributed by atoms with Crippen LogP contribution in [0.1, 0.15) is 30.1 Å². The zero-order valence-corrected chi connectivity index (χ0v) is 11.6. The summed E-state index contributed by atoms with van der Waals surface area (Å²) in [7, 11) is 1.34. The first-order chi connectivity index (χ1) is 9.53. The summed E-state index contributed by atoms with van der Waals surface area (Å²) in [5.74, 6) is -0.255. The van der Waals surface area contributed by atoms with Gasteiger partial charge in [-0.2, -0.15) is 0 Å². The molecule has 1 atom stereocenters. The fourth-order valence-electron chi connectivity index (χ4n) is 1.84. The molecular formula is C13H19N3O4. The van der Waals surface area contributed by atoms with Crippen molar-refractivity contribution in [3.8, 4) is 5.75 Å². The lowest BCUT2D eigenvalue weighted by molar-refractivity contribution is -0.385. The number of benzene rings is 1. The Morgan fingerprint density at radius 3 is 2.75 bits per heavy atom. The molecule has 1 amide bonds. The van der Waals surface area contributed by atoms with Gasteiger partial charge in [0.1, 0.15) is 0 Å². The van der Waals surface area contributed by atoms with Gasteiger partial charge < -0.3 is 15.8 Å². The van der Waals surface area contributed by atoms with E-state index in [0.717, 1.165) is 12.8 Å². The summed E-state index contributed by atoms with van der Waals surface area (Å²) in [6.45, 7) is 2.32. The van der Waals surface area contributed by atoms with Crippen molar-refractivity contribution in [2.75, 3.05) is 13.7 Å². The predicted octanol–water partition coefficient (Wildman–Crippen LogP) is 1.46. The summed E-state index contributed by atoms with van der Waals surface area (Å²) >= 11 is 0. The van der Waals surface area contributed by atoms with Crippen LogP contribution in [0.15, 0.2) is 18.2 Å². The molecule has 0 bridgehead atoms. The number of hydrogen-bond donors (Lipinski definition) is 2. The molecule has 0 saturated carbocycles. The van der Waals surface area contributed by atoms with E-state index in [0.29, 0.717) is 6.54 Å². The highest BCUT2D eigenvalue weighted by Gasteiger charge is 2.19. The topological polar surface area (TPSA) is 107 Å². The summed E-state index contributed by atoms with van der Waals surface area (Å²) < 4.78 is 4.89. The number of rotatable bonds is 7. The average Bonchev–Trinajstić information content (AvgIpc) is 2.45. The van der Waals surface area contributed by atoms with E-state index in [1.807, 2.05) is 6.92 Å². The Kier molecular flexibility index (Phi) is 5.92. The molecule has 0 heterocycles. The number of nitro groups is 1. The van der Waals surface area contributed by atoms with Gasteiger partial charge >= 0.3 is 5.69 Å². The molecule has 110 valence electrons. The van der Waals surface area contributed by atoms with Gasteiger partial charge in [0.2, 0.25) is 0 Å². The molecule has 0 aromatic heterocycles. The number of hydrogen-bond acceptors (Lipinski definition) is 5. The Labute approximate surface area is 117 Å². The van der Waals surface area contributed by atoms with Crippen LogP contribution in [0.3, 0.4) is 0 Å². The van der Waals surface area contributed by atoms with Crippen LogP contribution in [0.4, 0.5) is 5.69 Å². The lowest BCUT2D eigenvalue weighted by Crippen LogP contribution is -2.40. The van der Waals surface area contributed by atoms with Crippen LogP contribution < -0.4 is 15.8 Å². The van der Waals surface area contributed by atoms with Crippen molar-refractivity contribution in [2.24, 2.45) is 5.73 Å². The third kappa shape index (κ3) is 3.92. The first kappa shape index (κ1) is 15.9. The smallest absolute Gasteiger partial charge is 0.311 e. The number of carbonyl (C=O) groups excluding carboxylic acids is 1. The third-order valence-electron chi connectivity index (χ3n) is 2.89. The van der Waals surface area contributed by atoms with Gasteiger partial charge in [-0.25, -0.2) is 0 Å². The Morgan fingerprint density at radius 1 is 1.55 bits per heavy atom. The van der Waals surface area contributed by atoms with E-state index in [4.69, 9.17) is 10.5 Å². The minimum absolute atomic E-state index is 0.121. The summed E-state index contributed by atoms with van der Waals surface area (Å²) in [6.07, 6.45) is 1.66. The van der Waals surface area contributed by atoms with E-state index in [-0.39, 0.29) is 28.9 Å². The lowest BCUT2D eigenvalue weighted by atomic mass is 10.1. The van der Waals surface area contributed by atoms with Gasteiger partial charge in [0.05, 0.1) is 12.0 Å². The van der Waals surface area contributed by atoms with Crippen molar-refractivity contribution in [3.63, 3.8) is 0 Å². The number of nitro benzene ring substituents is 1. The van der Waals surface area contributed by atoms with Crippen LogP contribution in [-0.2, 0) is 0 Å². The number of nitrogens with two attached hydrogens (primary N) is 1. The van der Waals surface area contributed by atoms with Gasteiger partial charge in [0.25, 0.3) is 5.91 Å². The highest BCUT2D eigenvalue weighted by molar-refractivity contribution is 5.95. The number of nitrogens with zero attached hydrogens (tertiary/aromatic N) is 1. The van der Waals surface area contributed by atoms with Crippen LogP contribution in [0, 0.1) is 10.1 Å². The maximum absolute atomic E-state index is 12.0. The molecule has 0 radical (unpaired) electrons. The van der Waals surface area contributed by atoms with Crippen LogP contribution in [0.25, 0.3) is 0 Å². The van der Waals surface area contributed by atoms with E-state index >= 15 is 0 Å². The number of methoxy groups -OCH3 is 1. The molecular weight excluding hydrogens is 262 g/mol. The van der Waals surface area contributed by atoms with Gasteiger partial charge in [-0.05, 0) is 18.6 Å². The fraction of sp³-hybridized carbons (Fsp3) is 0.462. The number of nitrogens with one attached hydrogen (secondary N) is 1. The minimum Gasteiger partial charge on any atom is -0.490 e. The van der Waals surface area contributed by atoms with Crippen molar-refractivity contribution in [3.05, 3.63) is 33.9 Å². The van der Waals surface area contributed by atoms with Gasteiger partial charge in [0, 0.05) is 24.2 Å². The third-order valence-corrected chi connectivity index (χ3v) is 2.89. The molecule has 1 aromatic carbocycles. The molecule has 0 fully saturated rings. The molecule has 0 aliphatic heterocycles. The number of ether oxygens (including phenoxy) is 1. The molecule has 1 aromatic rings. The van der Waals surface area contributed by atoms with E-state index in [2.05, 4.69) is 5.32 Å². The van der Waals surface area contributed by atoms with Crippen molar-refractivity contribution in [1.29, 1.82) is 0 Å². The van der Waals surface area contributed by atoms with Crippen LogP contribution >= 0.6 is 0 Å². The first-order valence-corrected chi connectivity index (χ1v) is 6.36. The molecule has 7 nitrogen and oxygen atoms in total. The molecule has 0 aliphatic carbocycles. The highest BCUT2D eigenvalue weighted by Crippen LogP contribution is 2.27. The molecule has 3 N–H and O–H groups in total. The van der Waals surface area contributed by atoms with E-state index in [1.165, 1.54) is 25.3 Å². The molecule has 0 saturated heterocycles. The van der Waals surface area contributed by atoms with E-state index < -0.39 is 4.92 Å². The van der Waals surface area contributed by atoms with Crippen molar-refractivity contribution in [2.45, 2.75) is 25.8 Å². The van der Waals surface area contributed by atoms with Gasteiger partial charge in [-0.15, -0.1) is 0 Å². The molecule has 20 heavy (non-hydrogen) atoms. The molecule has 1 rings (SSSR count). The maximum atomic E-state index is 12.0. The molecule has 7 heteroatoms. The van der Waals surface area contributed by atoms with Crippen LogP contribution in [-0.4, -0.2) is 30.5 Å². The largest absolute Gasteiger partial charge is 0.490 e. The van der Waals surface area contributed by atoms with Gasteiger partial charge in [0.15, 0.2) is 5.75 Å². The van der Waals surface area contributed by atoms with Crippen molar-refractivity contribution < 1.29 is 14.5 Å². The lowest BCUT2D eigenvalue weighted by Gasteiger charge is -2.16. The van der Waals surface area contributed by atoms with Crippen LogP contribution in [0.2, 0.25) is 0 Å². The minimum atomic E-state index is -0.581. The summed E-state index contributed by atoms with van der Waals surface area (Å²) in [4.78, 5) is 22.4. The van der Waals surface area contributed by atoms with Crippen molar-refractivity contribution in [1.82, 2.24) is 5.32 Å². The van der Waals surface area contributed by atoms with E-state index in [9.17, 15) is 14.9 Å². The Bertz CT molecular complexity index is 491. The second-order valence-electron chi connectivity index (χ2n) is 4.34. The number of amides is 1. The van der Waals surface area contributed by atoms with Gasteiger partial charge in [-0.1, -0.05) is 13.3 Å². The predicted molar refractivity (Wildman–Crippen MR) is 74.9 cm³/mol. The first-order valence-electron chi connectivity index (χ1n) is 6.36. The van der Waals surface area contributed by atoms with Gasteiger partial charge in [-0.3, -0.25) is 14.9 Å². The zero-order valence-electron chi connectivity index (χ0n) is 11.6. The fourth-order valence-corrected chi connectivity index (χ4v) is 1.84. The Morgan fingerprint density at radius 2 is 2.25 bits per heavy atom. The highest BCUT2D eigenvalue weighted by atomic mass is 16.6. The molecule has 1 unspecified atom stereocenters. The normalized spacial score (nSPS) is 11.8. The average molecular weight is 281 g/mol. The second kappa shape index (κ2) is 7.44. The number of carbonyl (C=O) groups is 1. The monoisotopic (exact) mass is 281 g/mol. The maximum Gasteiger partial charge on any atom is 0.311 e. The molecule has 0 spiro atoms.